The van der Waals surface area contributed by atoms with Crippen LogP contribution in [0.15, 0.2) is 77.3 Å². The zero-order valence-electron chi connectivity index (χ0n) is 21.6. The van der Waals surface area contributed by atoms with Crippen molar-refractivity contribution in [2.75, 3.05) is 6.61 Å². The lowest BCUT2D eigenvalue weighted by atomic mass is 10.0. The van der Waals surface area contributed by atoms with E-state index in [2.05, 4.69) is 21.2 Å². The number of carbonyl (C=O) groups excluding carboxylic acids is 2. The highest BCUT2D eigenvalue weighted by Gasteiger charge is 2.32. The van der Waals surface area contributed by atoms with Crippen LogP contribution < -0.4 is 10.1 Å². The molecule has 2 amide bonds. The predicted molar refractivity (Wildman–Crippen MR) is 150 cm³/mol. The fraction of sp³-hybridized carbons (Fsp3) is 0.355. The minimum absolute atomic E-state index is 0.104. The van der Waals surface area contributed by atoms with Gasteiger partial charge in [-0.25, -0.2) is 0 Å². The molecule has 1 atom stereocenters. The van der Waals surface area contributed by atoms with E-state index in [-0.39, 0.29) is 24.5 Å². The zero-order valence-corrected chi connectivity index (χ0v) is 23.2. The lowest BCUT2D eigenvalue weighted by Crippen LogP contribution is -2.53. The molecular formula is C31H35BrN2O3. The van der Waals surface area contributed by atoms with Gasteiger partial charge >= 0.3 is 0 Å². The molecule has 1 aliphatic carbocycles. The largest absolute Gasteiger partial charge is 0.484 e. The zero-order chi connectivity index (χ0) is 26.2. The highest BCUT2D eigenvalue weighted by molar-refractivity contribution is 9.10. The van der Waals surface area contributed by atoms with E-state index >= 15 is 0 Å². The number of nitrogens with one attached hydrogen (secondary N) is 1. The molecule has 0 aliphatic heterocycles. The van der Waals surface area contributed by atoms with Gasteiger partial charge in [0, 0.05) is 23.5 Å². The molecule has 0 spiro atoms. The Hall–Kier alpha value is -3.12. The van der Waals surface area contributed by atoms with Gasteiger partial charge in [0.15, 0.2) is 6.61 Å². The fourth-order valence-electron chi connectivity index (χ4n) is 4.74. The molecule has 0 saturated heterocycles. The second-order valence-corrected chi connectivity index (χ2v) is 10.8. The molecule has 1 unspecified atom stereocenters. The van der Waals surface area contributed by atoms with Gasteiger partial charge in [-0.05, 0) is 73.2 Å². The minimum atomic E-state index is -0.650. The first kappa shape index (κ1) is 26.9. The van der Waals surface area contributed by atoms with Crippen LogP contribution in [0.25, 0.3) is 0 Å². The maximum Gasteiger partial charge on any atom is 0.261 e. The Bertz CT molecular complexity index is 1190. The first-order chi connectivity index (χ1) is 17.9. The first-order valence-electron chi connectivity index (χ1n) is 13.0. The molecule has 0 radical (unpaired) electrons. The van der Waals surface area contributed by atoms with Crippen molar-refractivity contribution in [1.29, 1.82) is 0 Å². The first-order valence-corrected chi connectivity index (χ1v) is 13.8. The number of hydrogen-bond acceptors (Lipinski definition) is 3. The number of rotatable bonds is 10. The summed E-state index contributed by atoms with van der Waals surface area (Å²) in [6.07, 6.45) is 4.66. The normalized spacial score (nSPS) is 14.2. The van der Waals surface area contributed by atoms with Crippen LogP contribution in [-0.2, 0) is 22.6 Å². The van der Waals surface area contributed by atoms with E-state index < -0.39 is 6.04 Å². The smallest absolute Gasteiger partial charge is 0.261 e. The summed E-state index contributed by atoms with van der Waals surface area (Å²) in [7, 11) is 0. The molecule has 6 heteroatoms. The molecule has 0 bridgehead atoms. The van der Waals surface area contributed by atoms with Gasteiger partial charge in [0.25, 0.3) is 5.91 Å². The summed E-state index contributed by atoms with van der Waals surface area (Å²) in [6.45, 7) is 4.24. The van der Waals surface area contributed by atoms with Gasteiger partial charge in [-0.15, -0.1) is 0 Å². The lowest BCUT2D eigenvalue weighted by Gasteiger charge is -2.32. The summed E-state index contributed by atoms with van der Waals surface area (Å²) in [5, 5.41) is 3.24. The third-order valence-electron chi connectivity index (χ3n) is 7.08. The lowest BCUT2D eigenvalue weighted by molar-refractivity contribution is -0.143. The van der Waals surface area contributed by atoms with E-state index in [1.54, 1.807) is 4.90 Å². The van der Waals surface area contributed by atoms with Gasteiger partial charge in [0.1, 0.15) is 11.8 Å². The molecule has 1 saturated carbocycles. The van der Waals surface area contributed by atoms with Crippen LogP contribution in [0.5, 0.6) is 5.75 Å². The summed E-state index contributed by atoms with van der Waals surface area (Å²) >= 11 is 3.48. The van der Waals surface area contributed by atoms with Crippen molar-refractivity contribution in [1.82, 2.24) is 10.2 Å². The van der Waals surface area contributed by atoms with Gasteiger partial charge in [-0.2, -0.15) is 0 Å². The molecular weight excluding hydrogens is 528 g/mol. The molecule has 0 heterocycles. The average molecular weight is 564 g/mol. The summed E-state index contributed by atoms with van der Waals surface area (Å²) in [4.78, 5) is 29.1. The van der Waals surface area contributed by atoms with Crippen molar-refractivity contribution in [3.63, 3.8) is 0 Å². The molecule has 37 heavy (non-hydrogen) atoms. The SMILES string of the molecule is Cc1ccc(OCC(=O)N(Cc2ccc(Br)cc2)C(Cc2ccccc2)C(=O)NC2CCCC2)cc1C. The molecule has 3 aromatic rings. The third kappa shape index (κ3) is 7.68. The fourth-order valence-corrected chi connectivity index (χ4v) is 5.00. The van der Waals surface area contributed by atoms with Crippen molar-refractivity contribution < 1.29 is 14.3 Å². The second kappa shape index (κ2) is 12.9. The molecule has 194 valence electrons. The highest BCUT2D eigenvalue weighted by atomic mass is 79.9. The Balaban J connectivity index is 1.60. The minimum Gasteiger partial charge on any atom is -0.484 e. The Labute approximate surface area is 228 Å². The molecule has 1 aliphatic rings. The molecule has 3 aromatic carbocycles. The number of halogens is 1. The number of ether oxygens (including phenoxy) is 1. The van der Waals surface area contributed by atoms with Gasteiger partial charge in [0.2, 0.25) is 5.91 Å². The predicted octanol–water partition coefficient (Wildman–Crippen LogP) is 6.14. The van der Waals surface area contributed by atoms with Crippen molar-refractivity contribution in [2.24, 2.45) is 0 Å². The highest BCUT2D eigenvalue weighted by Crippen LogP contribution is 2.21. The van der Waals surface area contributed by atoms with Crippen molar-refractivity contribution in [3.05, 3.63) is 99.5 Å². The summed E-state index contributed by atoms with van der Waals surface area (Å²) in [6, 6.07) is 23.1. The Morgan fingerprint density at radius 3 is 2.32 bits per heavy atom. The molecule has 1 N–H and O–H groups in total. The molecule has 1 fully saturated rings. The van der Waals surface area contributed by atoms with Gasteiger partial charge in [0.05, 0.1) is 0 Å². The monoisotopic (exact) mass is 562 g/mol. The van der Waals surface area contributed by atoms with E-state index in [1.165, 1.54) is 5.56 Å². The maximum absolute atomic E-state index is 13.7. The van der Waals surface area contributed by atoms with Gasteiger partial charge in [-0.3, -0.25) is 9.59 Å². The van der Waals surface area contributed by atoms with Crippen LogP contribution in [0.1, 0.15) is 47.9 Å². The number of carbonyl (C=O) groups is 2. The number of nitrogens with zero attached hydrogens (tertiary/aromatic N) is 1. The van der Waals surface area contributed by atoms with Crippen LogP contribution in [0, 0.1) is 13.8 Å². The van der Waals surface area contributed by atoms with E-state index in [0.29, 0.717) is 18.7 Å². The van der Waals surface area contributed by atoms with Crippen LogP contribution in [-0.4, -0.2) is 35.4 Å². The summed E-state index contributed by atoms with van der Waals surface area (Å²) in [5.74, 6) is 0.325. The van der Waals surface area contributed by atoms with Crippen LogP contribution in [0.2, 0.25) is 0 Å². The standard InChI is InChI=1S/C31H35BrN2O3/c1-22-12-17-28(18-23(22)2)37-21-30(35)34(20-25-13-15-26(32)16-14-25)29(19-24-8-4-3-5-9-24)31(36)33-27-10-6-7-11-27/h3-5,8-9,12-18,27,29H,6-7,10-11,19-21H2,1-2H3,(H,33,36). The summed E-state index contributed by atoms with van der Waals surface area (Å²) < 4.78 is 6.89. The van der Waals surface area contributed by atoms with Crippen LogP contribution >= 0.6 is 15.9 Å². The number of aryl methyl sites for hydroxylation is 2. The Morgan fingerprint density at radius 2 is 1.65 bits per heavy atom. The Morgan fingerprint density at radius 1 is 0.946 bits per heavy atom. The molecule has 0 aromatic heterocycles. The number of amides is 2. The summed E-state index contributed by atoms with van der Waals surface area (Å²) in [5.41, 5.74) is 4.24. The van der Waals surface area contributed by atoms with E-state index in [4.69, 9.17) is 4.74 Å². The molecule has 5 nitrogen and oxygen atoms in total. The van der Waals surface area contributed by atoms with E-state index in [0.717, 1.165) is 46.8 Å². The van der Waals surface area contributed by atoms with Crippen molar-refractivity contribution >= 4 is 27.7 Å². The quantitative estimate of drug-likeness (QED) is 0.322. The van der Waals surface area contributed by atoms with E-state index in [9.17, 15) is 9.59 Å². The van der Waals surface area contributed by atoms with Gasteiger partial charge < -0.3 is 15.0 Å². The van der Waals surface area contributed by atoms with Gasteiger partial charge in [-0.1, -0.05) is 77.3 Å². The maximum atomic E-state index is 13.7. The van der Waals surface area contributed by atoms with Crippen molar-refractivity contribution in [3.8, 4) is 5.75 Å². The van der Waals surface area contributed by atoms with E-state index in [1.807, 2.05) is 86.6 Å². The number of hydrogen-bond donors (Lipinski definition) is 1. The number of benzene rings is 3. The molecule has 4 rings (SSSR count). The second-order valence-electron chi connectivity index (χ2n) is 9.88. The third-order valence-corrected chi connectivity index (χ3v) is 7.61. The Kier molecular flexibility index (Phi) is 9.40. The average Bonchev–Trinajstić information content (AvgIpc) is 3.41. The van der Waals surface area contributed by atoms with Crippen LogP contribution in [0.3, 0.4) is 0 Å². The van der Waals surface area contributed by atoms with Crippen molar-refractivity contribution in [2.45, 2.75) is 64.6 Å². The van der Waals surface area contributed by atoms with Crippen LogP contribution in [0.4, 0.5) is 0 Å². The topological polar surface area (TPSA) is 58.6 Å².